The Labute approximate surface area is 191 Å². The maximum absolute atomic E-state index is 12.5. The smallest absolute Gasteiger partial charge is 0.275 e. The lowest BCUT2D eigenvalue weighted by Gasteiger charge is -2.59. The first-order valence-electron chi connectivity index (χ1n) is 11.2. The Morgan fingerprint density at radius 1 is 1.19 bits per heavy atom. The summed E-state index contributed by atoms with van der Waals surface area (Å²) in [5.74, 6) is 0.648. The summed E-state index contributed by atoms with van der Waals surface area (Å²) in [4.78, 5) is 26.7. The lowest BCUT2D eigenvalue weighted by atomic mass is 9.56. The minimum atomic E-state index is -0.139. The van der Waals surface area contributed by atoms with Gasteiger partial charge >= 0.3 is 0 Å². The molecule has 0 atom stereocenters. The van der Waals surface area contributed by atoms with Crippen LogP contribution in [0, 0.1) is 18.3 Å². The Morgan fingerprint density at radius 2 is 1.97 bits per heavy atom. The Morgan fingerprint density at radius 3 is 2.75 bits per heavy atom. The van der Waals surface area contributed by atoms with Crippen LogP contribution in [-0.4, -0.2) is 44.5 Å². The molecule has 5 rings (SSSR count). The molecule has 3 aromatic rings. The van der Waals surface area contributed by atoms with Crippen molar-refractivity contribution in [3.8, 4) is 0 Å². The van der Waals surface area contributed by atoms with Gasteiger partial charge in [-0.2, -0.15) is 10.2 Å². The average molecular weight is 454 g/mol. The highest BCUT2D eigenvalue weighted by atomic mass is 35.5. The highest BCUT2D eigenvalue weighted by Gasteiger charge is 2.51. The van der Waals surface area contributed by atoms with Crippen molar-refractivity contribution in [3.63, 3.8) is 0 Å². The predicted molar refractivity (Wildman–Crippen MR) is 125 cm³/mol. The summed E-state index contributed by atoms with van der Waals surface area (Å²) in [7, 11) is 1.65. The normalized spacial score (nSPS) is 18.1. The van der Waals surface area contributed by atoms with Crippen LogP contribution in [0.3, 0.4) is 0 Å². The first kappa shape index (κ1) is 21.3. The van der Waals surface area contributed by atoms with Gasteiger partial charge in [0, 0.05) is 31.1 Å². The van der Waals surface area contributed by atoms with Crippen LogP contribution < -0.4 is 11.1 Å². The van der Waals surface area contributed by atoms with Crippen LogP contribution in [-0.2, 0) is 19.9 Å². The van der Waals surface area contributed by atoms with E-state index >= 15 is 0 Å². The zero-order valence-corrected chi connectivity index (χ0v) is 19.3. The minimum absolute atomic E-state index is 0.0875. The van der Waals surface area contributed by atoms with Crippen LogP contribution in [0.15, 0.2) is 34.1 Å². The van der Waals surface area contributed by atoms with E-state index in [0.29, 0.717) is 21.7 Å². The molecule has 1 N–H and O–H groups in total. The summed E-state index contributed by atoms with van der Waals surface area (Å²) in [6.45, 7) is 5.26. The topological polar surface area (TPSA) is 83.9 Å². The summed E-state index contributed by atoms with van der Waals surface area (Å²) in [5.41, 5.74) is 3.25. The second kappa shape index (κ2) is 8.12. The predicted octanol–water partition coefficient (Wildman–Crippen LogP) is 2.87. The molecule has 2 fully saturated rings. The third-order valence-corrected chi connectivity index (χ3v) is 7.67. The van der Waals surface area contributed by atoms with Gasteiger partial charge in [-0.3, -0.25) is 9.59 Å². The Kier molecular flexibility index (Phi) is 5.42. The van der Waals surface area contributed by atoms with Gasteiger partial charge in [0.2, 0.25) is 0 Å². The van der Waals surface area contributed by atoms with Crippen molar-refractivity contribution in [1.82, 2.24) is 24.9 Å². The van der Waals surface area contributed by atoms with E-state index in [0.717, 1.165) is 42.3 Å². The first-order chi connectivity index (χ1) is 15.3. The lowest BCUT2D eigenvalue weighted by Crippen LogP contribution is -2.62. The molecule has 0 unspecified atom stereocenters. The second-order valence-electron chi connectivity index (χ2n) is 9.71. The second-order valence-corrected chi connectivity index (χ2v) is 10.1. The number of H-pyrrole nitrogens is 1. The maximum Gasteiger partial charge on any atom is 0.275 e. The molecule has 32 heavy (non-hydrogen) atoms. The van der Waals surface area contributed by atoms with Crippen LogP contribution >= 0.6 is 11.6 Å². The number of aryl methyl sites for hydroxylation is 2. The number of hydrogen-bond donors (Lipinski definition) is 1. The van der Waals surface area contributed by atoms with Crippen molar-refractivity contribution < 1.29 is 0 Å². The Hall–Kier alpha value is -2.51. The van der Waals surface area contributed by atoms with E-state index in [1.165, 1.54) is 36.2 Å². The molecule has 0 amide bonds. The van der Waals surface area contributed by atoms with Gasteiger partial charge in [-0.05, 0) is 74.1 Å². The number of likely N-dealkylation sites (tertiary alicyclic amines) is 1. The Balaban J connectivity index is 1.13. The van der Waals surface area contributed by atoms with E-state index in [2.05, 4.69) is 26.3 Å². The summed E-state index contributed by atoms with van der Waals surface area (Å²) in [6, 6.07) is 3.90. The highest BCUT2D eigenvalue weighted by molar-refractivity contribution is 6.35. The number of aromatic amines is 1. The van der Waals surface area contributed by atoms with Gasteiger partial charge in [0.25, 0.3) is 11.1 Å². The molecule has 3 heterocycles. The first-order valence-corrected chi connectivity index (χ1v) is 11.6. The number of nitrogens with zero attached hydrogens (tertiary/aromatic N) is 4. The minimum Gasteiger partial charge on any atom is -0.302 e. The molecule has 2 aromatic heterocycles. The molecular formula is C24H28ClN5O2. The van der Waals surface area contributed by atoms with Gasteiger partial charge in [0.15, 0.2) is 0 Å². The third-order valence-electron chi connectivity index (χ3n) is 7.35. The summed E-state index contributed by atoms with van der Waals surface area (Å²) < 4.78 is 1.34. The maximum atomic E-state index is 12.5. The molecule has 1 aliphatic heterocycles. The van der Waals surface area contributed by atoms with Crippen LogP contribution in [0.2, 0.25) is 5.02 Å². The van der Waals surface area contributed by atoms with Gasteiger partial charge in [-0.15, -0.1) is 0 Å². The van der Waals surface area contributed by atoms with Crippen molar-refractivity contribution in [2.24, 2.45) is 18.4 Å². The van der Waals surface area contributed by atoms with Gasteiger partial charge in [0.05, 0.1) is 22.8 Å². The fourth-order valence-electron chi connectivity index (χ4n) is 5.72. The van der Waals surface area contributed by atoms with E-state index in [-0.39, 0.29) is 11.1 Å². The molecule has 0 bridgehead atoms. The summed E-state index contributed by atoms with van der Waals surface area (Å²) >= 11 is 6.31. The monoisotopic (exact) mass is 453 g/mol. The molecule has 7 nitrogen and oxygen atoms in total. The average Bonchev–Trinajstić information content (AvgIpc) is 2.71. The fraction of sp³-hybridized carbons (Fsp3) is 0.500. The van der Waals surface area contributed by atoms with Gasteiger partial charge in [-0.25, -0.2) is 9.78 Å². The molecule has 0 radical (unpaired) electrons. The van der Waals surface area contributed by atoms with Gasteiger partial charge < -0.3 is 4.90 Å². The van der Waals surface area contributed by atoms with E-state index in [9.17, 15) is 9.59 Å². The molecule has 1 spiro atoms. The summed E-state index contributed by atoms with van der Waals surface area (Å²) in [6.07, 6.45) is 8.94. The van der Waals surface area contributed by atoms with Gasteiger partial charge in [-0.1, -0.05) is 17.7 Å². The van der Waals surface area contributed by atoms with E-state index < -0.39 is 0 Å². The third kappa shape index (κ3) is 3.77. The lowest BCUT2D eigenvalue weighted by molar-refractivity contribution is -0.0936. The number of benzene rings is 1. The van der Waals surface area contributed by atoms with Crippen molar-refractivity contribution >= 4 is 22.4 Å². The van der Waals surface area contributed by atoms with Crippen LogP contribution in [0.4, 0.5) is 0 Å². The number of halogens is 1. The molecule has 168 valence electrons. The van der Waals surface area contributed by atoms with Crippen molar-refractivity contribution in [3.05, 3.63) is 66.9 Å². The van der Waals surface area contributed by atoms with E-state index in [1.54, 1.807) is 19.4 Å². The number of nitrogens with one attached hydrogen (secondary N) is 1. The standard InChI is InChI=1S/C24H28ClN5O2/c1-15-18(11-26-28-22(15)31)4-3-7-30-13-24(14-30)9-16(10-24)8-17-5-6-20(25)21-19(17)12-27-29(2)23(21)32/h5-6,11-12,16H,3-4,7-10,13-14H2,1-2H3,(H,28,31). The molecule has 8 heteroatoms. The zero-order valence-electron chi connectivity index (χ0n) is 18.5. The number of fused-ring (bicyclic) bond motifs is 1. The van der Waals surface area contributed by atoms with Crippen molar-refractivity contribution in [2.75, 3.05) is 19.6 Å². The molecule has 2 aliphatic rings. The molecule has 1 aliphatic carbocycles. The van der Waals surface area contributed by atoms with E-state index in [1.807, 2.05) is 13.0 Å². The number of hydrogen-bond acceptors (Lipinski definition) is 5. The van der Waals surface area contributed by atoms with Gasteiger partial charge in [0.1, 0.15) is 0 Å². The molecule has 1 saturated carbocycles. The Bertz CT molecular complexity index is 1280. The quantitative estimate of drug-likeness (QED) is 0.620. The SMILES string of the molecule is Cc1c(CCCN2CC3(CC(Cc4ccc(Cl)c5c(=O)n(C)ncc45)C3)C2)cn[nH]c1=O. The number of rotatable bonds is 6. The van der Waals surface area contributed by atoms with E-state index in [4.69, 9.17) is 11.6 Å². The fourth-order valence-corrected chi connectivity index (χ4v) is 5.96. The van der Waals surface area contributed by atoms with Crippen LogP contribution in [0.1, 0.15) is 36.0 Å². The molecule has 1 aromatic carbocycles. The highest BCUT2D eigenvalue weighted by Crippen LogP contribution is 2.53. The van der Waals surface area contributed by atoms with Crippen molar-refractivity contribution in [2.45, 2.75) is 39.0 Å². The molecular weight excluding hydrogens is 426 g/mol. The summed E-state index contributed by atoms with van der Waals surface area (Å²) in [5, 5.41) is 12.6. The van der Waals surface area contributed by atoms with Crippen LogP contribution in [0.25, 0.3) is 10.8 Å². The zero-order chi connectivity index (χ0) is 22.5. The molecule has 1 saturated heterocycles. The van der Waals surface area contributed by atoms with Crippen LogP contribution in [0.5, 0.6) is 0 Å². The largest absolute Gasteiger partial charge is 0.302 e. The number of aromatic nitrogens is 4. The van der Waals surface area contributed by atoms with Crippen molar-refractivity contribution in [1.29, 1.82) is 0 Å².